The minimum Gasteiger partial charge on any atom is -0.493 e. The Labute approximate surface area is 152 Å². The Morgan fingerprint density at radius 1 is 1.12 bits per heavy atom. The molecule has 2 aromatic heterocycles. The monoisotopic (exact) mass is 354 g/mol. The highest BCUT2D eigenvalue weighted by molar-refractivity contribution is 7.09. The molecule has 3 rings (SSSR count). The highest BCUT2D eigenvalue weighted by atomic mass is 32.1. The molecule has 5 heteroatoms. The van der Waals surface area contributed by atoms with Gasteiger partial charge in [0.2, 0.25) is 0 Å². The maximum atomic E-state index is 5.90. The van der Waals surface area contributed by atoms with E-state index in [1.165, 1.54) is 10.4 Å². The van der Waals surface area contributed by atoms with Crippen molar-refractivity contribution in [2.45, 2.75) is 26.1 Å². The predicted molar refractivity (Wildman–Crippen MR) is 101 cm³/mol. The van der Waals surface area contributed by atoms with E-state index in [0.29, 0.717) is 6.61 Å². The number of methoxy groups -OCH3 is 1. The van der Waals surface area contributed by atoms with E-state index >= 15 is 0 Å². The highest BCUT2D eigenvalue weighted by Crippen LogP contribution is 2.31. The van der Waals surface area contributed by atoms with E-state index in [1.807, 2.05) is 24.3 Å². The zero-order valence-corrected chi connectivity index (χ0v) is 15.3. The summed E-state index contributed by atoms with van der Waals surface area (Å²) in [6, 6.07) is 14.4. The van der Waals surface area contributed by atoms with Gasteiger partial charge in [-0.2, -0.15) is 0 Å². The van der Waals surface area contributed by atoms with Crippen molar-refractivity contribution in [2.75, 3.05) is 7.11 Å². The Morgan fingerprint density at radius 2 is 1.96 bits per heavy atom. The number of nitrogens with zero attached hydrogens (tertiary/aromatic N) is 1. The molecule has 25 heavy (non-hydrogen) atoms. The lowest BCUT2D eigenvalue weighted by Crippen LogP contribution is -2.17. The normalized spacial score (nSPS) is 11.9. The number of ether oxygens (including phenoxy) is 2. The molecule has 1 N–H and O–H groups in total. The van der Waals surface area contributed by atoms with Crippen molar-refractivity contribution in [2.24, 2.45) is 0 Å². The minimum absolute atomic E-state index is 0.227. The van der Waals surface area contributed by atoms with Crippen molar-refractivity contribution in [3.05, 3.63) is 76.2 Å². The van der Waals surface area contributed by atoms with Crippen LogP contribution in [0, 0.1) is 0 Å². The van der Waals surface area contributed by atoms with Gasteiger partial charge in [-0.05, 0) is 53.8 Å². The number of aromatic nitrogens is 1. The molecular formula is C20H22N2O2S. The maximum absolute atomic E-state index is 5.90. The Hall–Kier alpha value is -2.37. The fourth-order valence-corrected chi connectivity index (χ4v) is 3.15. The van der Waals surface area contributed by atoms with Crippen molar-refractivity contribution in [3.8, 4) is 11.5 Å². The van der Waals surface area contributed by atoms with Gasteiger partial charge in [0.05, 0.1) is 7.11 Å². The van der Waals surface area contributed by atoms with E-state index in [9.17, 15) is 0 Å². The van der Waals surface area contributed by atoms with Gasteiger partial charge < -0.3 is 14.8 Å². The van der Waals surface area contributed by atoms with Gasteiger partial charge in [0.15, 0.2) is 11.5 Å². The molecule has 1 atom stereocenters. The van der Waals surface area contributed by atoms with E-state index in [4.69, 9.17) is 9.47 Å². The van der Waals surface area contributed by atoms with Gasteiger partial charge in [-0.3, -0.25) is 4.98 Å². The fourth-order valence-electron chi connectivity index (χ4n) is 2.50. The van der Waals surface area contributed by atoms with Gasteiger partial charge in [0, 0.05) is 29.9 Å². The molecule has 0 aliphatic heterocycles. The molecule has 4 nitrogen and oxygen atoms in total. The smallest absolute Gasteiger partial charge is 0.161 e. The number of thiophene rings is 1. The standard InChI is InChI=1S/C20H22N2O2S/c1-15(22-13-18-4-3-11-25-18)17-5-6-19(20(12-17)23-2)24-14-16-7-9-21-10-8-16/h3-12,15,22H,13-14H2,1-2H3. The average molecular weight is 354 g/mol. The highest BCUT2D eigenvalue weighted by Gasteiger charge is 2.11. The van der Waals surface area contributed by atoms with E-state index in [2.05, 4.69) is 40.8 Å². The van der Waals surface area contributed by atoms with E-state index in [1.54, 1.807) is 30.8 Å². The molecule has 0 aliphatic rings. The predicted octanol–water partition coefficient (Wildman–Crippen LogP) is 4.58. The van der Waals surface area contributed by atoms with Gasteiger partial charge in [-0.25, -0.2) is 0 Å². The molecule has 0 radical (unpaired) electrons. The van der Waals surface area contributed by atoms with Crippen molar-refractivity contribution < 1.29 is 9.47 Å². The summed E-state index contributed by atoms with van der Waals surface area (Å²) >= 11 is 1.76. The Bertz CT molecular complexity index is 776. The molecule has 0 bridgehead atoms. The number of rotatable bonds is 8. The first-order chi connectivity index (χ1) is 12.3. The van der Waals surface area contributed by atoms with Crippen LogP contribution in [-0.4, -0.2) is 12.1 Å². The average Bonchev–Trinajstić information content (AvgIpc) is 3.18. The zero-order valence-electron chi connectivity index (χ0n) is 14.4. The first-order valence-corrected chi connectivity index (χ1v) is 9.09. The Balaban J connectivity index is 1.64. The first-order valence-electron chi connectivity index (χ1n) is 8.21. The van der Waals surface area contributed by atoms with Gasteiger partial charge in [-0.15, -0.1) is 11.3 Å². The van der Waals surface area contributed by atoms with Crippen LogP contribution in [0.3, 0.4) is 0 Å². The lowest BCUT2D eigenvalue weighted by molar-refractivity contribution is 0.284. The first kappa shape index (κ1) is 17.5. The van der Waals surface area contributed by atoms with Gasteiger partial charge >= 0.3 is 0 Å². The summed E-state index contributed by atoms with van der Waals surface area (Å²) in [5, 5.41) is 5.63. The number of hydrogen-bond donors (Lipinski definition) is 1. The number of hydrogen-bond acceptors (Lipinski definition) is 5. The largest absolute Gasteiger partial charge is 0.493 e. The zero-order chi connectivity index (χ0) is 17.5. The summed E-state index contributed by atoms with van der Waals surface area (Å²) in [6.07, 6.45) is 3.53. The summed E-state index contributed by atoms with van der Waals surface area (Å²) in [7, 11) is 1.67. The van der Waals surface area contributed by atoms with Gasteiger partial charge in [-0.1, -0.05) is 12.1 Å². The summed E-state index contributed by atoms with van der Waals surface area (Å²) in [5.41, 5.74) is 2.25. The molecule has 130 valence electrons. The molecule has 3 aromatic rings. The Morgan fingerprint density at radius 3 is 2.68 bits per heavy atom. The maximum Gasteiger partial charge on any atom is 0.161 e. The molecule has 0 fully saturated rings. The molecule has 0 aliphatic carbocycles. The third-order valence-corrected chi connectivity index (χ3v) is 4.87. The van der Waals surface area contributed by atoms with Crippen molar-refractivity contribution >= 4 is 11.3 Å². The molecule has 1 unspecified atom stereocenters. The quantitative estimate of drug-likeness (QED) is 0.643. The summed E-state index contributed by atoms with van der Waals surface area (Å²) in [6.45, 7) is 3.51. The van der Waals surface area contributed by atoms with Crippen LogP contribution < -0.4 is 14.8 Å². The summed E-state index contributed by atoms with van der Waals surface area (Å²) in [4.78, 5) is 5.34. The van der Waals surface area contributed by atoms with Crippen LogP contribution in [0.25, 0.3) is 0 Å². The molecule has 1 aromatic carbocycles. The molecular weight excluding hydrogens is 332 g/mol. The molecule has 0 amide bonds. The van der Waals surface area contributed by atoms with Crippen LogP contribution in [0.2, 0.25) is 0 Å². The topological polar surface area (TPSA) is 43.4 Å². The minimum atomic E-state index is 0.227. The lowest BCUT2D eigenvalue weighted by atomic mass is 10.1. The van der Waals surface area contributed by atoms with Gasteiger partial charge in [0.25, 0.3) is 0 Å². The van der Waals surface area contributed by atoms with Crippen molar-refractivity contribution in [3.63, 3.8) is 0 Å². The fraction of sp³-hybridized carbons (Fsp3) is 0.250. The third-order valence-electron chi connectivity index (χ3n) is 3.99. The SMILES string of the molecule is COc1cc(C(C)NCc2cccs2)ccc1OCc1ccncc1. The van der Waals surface area contributed by atoms with Crippen LogP contribution >= 0.6 is 11.3 Å². The number of benzene rings is 1. The van der Waals surface area contributed by atoms with E-state index in [-0.39, 0.29) is 6.04 Å². The third kappa shape index (κ3) is 4.81. The Kier molecular flexibility index (Phi) is 6.04. The van der Waals surface area contributed by atoms with Crippen LogP contribution in [0.15, 0.2) is 60.2 Å². The number of pyridine rings is 1. The second kappa shape index (κ2) is 8.65. The van der Waals surface area contributed by atoms with Crippen LogP contribution in [0.4, 0.5) is 0 Å². The molecule has 2 heterocycles. The summed E-state index contributed by atoms with van der Waals surface area (Å²) in [5.74, 6) is 1.49. The number of nitrogens with one attached hydrogen (secondary N) is 1. The van der Waals surface area contributed by atoms with Crippen LogP contribution in [-0.2, 0) is 13.2 Å². The van der Waals surface area contributed by atoms with E-state index < -0.39 is 0 Å². The van der Waals surface area contributed by atoms with E-state index in [0.717, 1.165) is 23.6 Å². The molecule has 0 saturated carbocycles. The summed E-state index contributed by atoms with van der Waals surface area (Å²) < 4.78 is 11.4. The van der Waals surface area contributed by atoms with Crippen LogP contribution in [0.1, 0.15) is 29.0 Å². The molecule has 0 spiro atoms. The second-order valence-electron chi connectivity index (χ2n) is 5.74. The lowest BCUT2D eigenvalue weighted by Gasteiger charge is -2.17. The second-order valence-corrected chi connectivity index (χ2v) is 6.77. The van der Waals surface area contributed by atoms with Crippen LogP contribution in [0.5, 0.6) is 11.5 Å². The van der Waals surface area contributed by atoms with Crippen molar-refractivity contribution in [1.82, 2.24) is 10.3 Å². The van der Waals surface area contributed by atoms with Crippen molar-refractivity contribution in [1.29, 1.82) is 0 Å². The van der Waals surface area contributed by atoms with Gasteiger partial charge in [0.1, 0.15) is 6.61 Å². The molecule has 0 saturated heterocycles.